The van der Waals surface area contributed by atoms with Crippen LogP contribution in [0.4, 0.5) is 13.2 Å². The summed E-state index contributed by atoms with van der Waals surface area (Å²) in [7, 11) is 1.51. The summed E-state index contributed by atoms with van der Waals surface area (Å²) in [5, 5.41) is -0.0611. The maximum atomic E-state index is 13.4. The molecule has 1 atom stereocenters. The molecular weight excluding hydrogens is 415 g/mol. The number of piperidine rings is 1. The SMILES string of the molecule is CCC1CCCCN1C(=O)CSc1nc(-c2ccc(OC)cc2)cc(C(F)(F)F)n1. The van der Waals surface area contributed by atoms with Gasteiger partial charge in [0.05, 0.1) is 18.6 Å². The number of rotatable bonds is 6. The minimum atomic E-state index is -4.61. The van der Waals surface area contributed by atoms with Crippen LogP contribution in [0.5, 0.6) is 5.75 Å². The van der Waals surface area contributed by atoms with Crippen molar-refractivity contribution in [2.24, 2.45) is 0 Å². The number of benzene rings is 1. The molecule has 2 heterocycles. The molecule has 1 unspecified atom stereocenters. The van der Waals surface area contributed by atoms with Crippen LogP contribution in [0.15, 0.2) is 35.5 Å². The van der Waals surface area contributed by atoms with E-state index in [9.17, 15) is 18.0 Å². The average molecular weight is 440 g/mol. The Bertz CT molecular complexity index is 875. The highest BCUT2D eigenvalue weighted by Crippen LogP contribution is 2.32. The minimum Gasteiger partial charge on any atom is -0.497 e. The first kappa shape index (κ1) is 22.4. The fraction of sp³-hybridized carbons (Fsp3) is 0.476. The van der Waals surface area contributed by atoms with Gasteiger partial charge < -0.3 is 9.64 Å². The van der Waals surface area contributed by atoms with Crippen LogP contribution in [-0.4, -0.2) is 46.2 Å². The van der Waals surface area contributed by atoms with Gasteiger partial charge in [0.1, 0.15) is 11.4 Å². The second kappa shape index (κ2) is 9.68. The van der Waals surface area contributed by atoms with Gasteiger partial charge in [-0.25, -0.2) is 9.97 Å². The number of likely N-dealkylation sites (tertiary alicyclic amines) is 1. The van der Waals surface area contributed by atoms with Crippen molar-refractivity contribution in [1.29, 1.82) is 0 Å². The Hall–Kier alpha value is -2.29. The van der Waals surface area contributed by atoms with E-state index >= 15 is 0 Å². The number of methoxy groups -OCH3 is 1. The molecule has 2 aromatic rings. The number of ether oxygens (including phenoxy) is 1. The van der Waals surface area contributed by atoms with Crippen LogP contribution in [0.25, 0.3) is 11.3 Å². The number of aromatic nitrogens is 2. The van der Waals surface area contributed by atoms with E-state index in [0.29, 0.717) is 17.9 Å². The lowest BCUT2D eigenvalue weighted by atomic mass is 10.0. The molecule has 0 spiro atoms. The summed E-state index contributed by atoms with van der Waals surface area (Å²) in [6, 6.07) is 7.71. The van der Waals surface area contributed by atoms with Gasteiger partial charge in [-0.15, -0.1) is 0 Å². The van der Waals surface area contributed by atoms with Crippen molar-refractivity contribution in [3.8, 4) is 17.0 Å². The second-order valence-corrected chi connectivity index (χ2v) is 8.02. The Balaban J connectivity index is 1.81. The first-order valence-electron chi connectivity index (χ1n) is 9.84. The summed E-state index contributed by atoms with van der Waals surface area (Å²) in [5.74, 6) is 0.523. The lowest BCUT2D eigenvalue weighted by Crippen LogP contribution is -2.44. The smallest absolute Gasteiger partial charge is 0.433 e. The maximum Gasteiger partial charge on any atom is 0.433 e. The summed E-state index contributed by atoms with van der Waals surface area (Å²) in [6.07, 6.45) is -0.720. The lowest BCUT2D eigenvalue weighted by Gasteiger charge is -2.35. The Morgan fingerprint density at radius 3 is 2.60 bits per heavy atom. The normalized spacial score (nSPS) is 17.1. The standard InChI is InChI=1S/C21H24F3N3O2S/c1-3-15-6-4-5-11-27(15)19(28)13-30-20-25-17(12-18(26-20)21(22,23)24)14-7-9-16(29-2)10-8-14/h7-10,12,15H,3-6,11,13H2,1-2H3. The predicted octanol–water partition coefficient (Wildman–Crippen LogP) is 5.05. The van der Waals surface area contributed by atoms with Crippen LogP contribution in [0.3, 0.4) is 0 Å². The largest absolute Gasteiger partial charge is 0.497 e. The number of carbonyl (C=O) groups is 1. The third-order valence-corrected chi connectivity index (χ3v) is 5.96. The van der Waals surface area contributed by atoms with Gasteiger partial charge in [-0.05, 0) is 56.0 Å². The van der Waals surface area contributed by atoms with E-state index in [-0.39, 0.29) is 28.6 Å². The number of halogens is 3. The number of hydrogen-bond donors (Lipinski definition) is 0. The third-order valence-electron chi connectivity index (χ3n) is 5.13. The summed E-state index contributed by atoms with van der Waals surface area (Å²) in [6.45, 7) is 2.74. The molecule has 0 saturated carbocycles. The van der Waals surface area contributed by atoms with Crippen molar-refractivity contribution in [1.82, 2.24) is 14.9 Å². The van der Waals surface area contributed by atoms with Crippen molar-refractivity contribution in [2.45, 2.75) is 50.0 Å². The molecule has 1 saturated heterocycles. The molecule has 1 aromatic carbocycles. The number of amides is 1. The van der Waals surface area contributed by atoms with Gasteiger partial charge >= 0.3 is 6.18 Å². The molecule has 1 fully saturated rings. The van der Waals surface area contributed by atoms with Gasteiger partial charge in [-0.3, -0.25) is 4.79 Å². The molecule has 30 heavy (non-hydrogen) atoms. The zero-order valence-electron chi connectivity index (χ0n) is 16.9. The van der Waals surface area contributed by atoms with E-state index < -0.39 is 11.9 Å². The summed E-state index contributed by atoms with van der Waals surface area (Å²) in [5.41, 5.74) is -0.360. The van der Waals surface area contributed by atoms with Crippen LogP contribution in [0.1, 0.15) is 38.3 Å². The Labute approximate surface area is 178 Å². The van der Waals surface area contributed by atoms with E-state index in [0.717, 1.165) is 43.5 Å². The van der Waals surface area contributed by atoms with Crippen molar-refractivity contribution < 1.29 is 22.7 Å². The van der Waals surface area contributed by atoms with Gasteiger partial charge in [0, 0.05) is 18.2 Å². The van der Waals surface area contributed by atoms with Gasteiger partial charge in [0.2, 0.25) is 5.91 Å². The van der Waals surface area contributed by atoms with Crippen molar-refractivity contribution in [2.75, 3.05) is 19.4 Å². The Kier molecular flexibility index (Phi) is 7.23. The monoisotopic (exact) mass is 439 g/mol. The molecule has 0 aliphatic carbocycles. The zero-order valence-corrected chi connectivity index (χ0v) is 17.7. The van der Waals surface area contributed by atoms with E-state index in [4.69, 9.17) is 4.74 Å². The molecule has 0 radical (unpaired) electrons. The number of thioether (sulfide) groups is 1. The van der Waals surface area contributed by atoms with Crippen molar-refractivity contribution in [3.63, 3.8) is 0 Å². The van der Waals surface area contributed by atoms with E-state index in [1.807, 2.05) is 11.8 Å². The van der Waals surface area contributed by atoms with Crippen LogP contribution in [-0.2, 0) is 11.0 Å². The predicted molar refractivity (Wildman–Crippen MR) is 109 cm³/mol. The Morgan fingerprint density at radius 1 is 1.23 bits per heavy atom. The Morgan fingerprint density at radius 2 is 1.97 bits per heavy atom. The van der Waals surface area contributed by atoms with E-state index in [1.54, 1.807) is 24.3 Å². The van der Waals surface area contributed by atoms with Crippen molar-refractivity contribution in [3.05, 3.63) is 36.0 Å². The molecule has 1 amide bonds. The number of carbonyl (C=O) groups excluding carboxylic acids is 1. The second-order valence-electron chi connectivity index (χ2n) is 7.08. The molecule has 3 rings (SSSR count). The average Bonchev–Trinajstić information content (AvgIpc) is 2.76. The first-order valence-corrected chi connectivity index (χ1v) is 10.8. The molecule has 1 aliphatic heterocycles. The fourth-order valence-electron chi connectivity index (χ4n) is 3.51. The topological polar surface area (TPSA) is 55.3 Å². The van der Waals surface area contributed by atoms with E-state index in [1.165, 1.54) is 7.11 Å². The van der Waals surface area contributed by atoms with Gasteiger partial charge in [0.15, 0.2) is 5.16 Å². The molecular formula is C21H24F3N3O2S. The third kappa shape index (κ3) is 5.44. The molecule has 1 aliphatic rings. The fourth-order valence-corrected chi connectivity index (χ4v) is 4.25. The van der Waals surface area contributed by atoms with Crippen LogP contribution >= 0.6 is 11.8 Å². The highest BCUT2D eigenvalue weighted by Gasteiger charge is 2.34. The maximum absolute atomic E-state index is 13.4. The quantitative estimate of drug-likeness (QED) is 0.466. The molecule has 9 heteroatoms. The molecule has 5 nitrogen and oxygen atoms in total. The van der Waals surface area contributed by atoms with Crippen LogP contribution in [0, 0.1) is 0 Å². The molecule has 162 valence electrons. The lowest BCUT2D eigenvalue weighted by molar-refractivity contribution is -0.141. The van der Waals surface area contributed by atoms with Crippen LogP contribution < -0.4 is 4.74 Å². The highest BCUT2D eigenvalue weighted by molar-refractivity contribution is 7.99. The zero-order chi connectivity index (χ0) is 21.7. The number of hydrogen-bond acceptors (Lipinski definition) is 5. The number of alkyl halides is 3. The van der Waals surface area contributed by atoms with E-state index in [2.05, 4.69) is 9.97 Å². The number of nitrogens with zero attached hydrogens (tertiary/aromatic N) is 3. The minimum absolute atomic E-state index is 0.0138. The van der Waals surface area contributed by atoms with Gasteiger partial charge in [0.25, 0.3) is 0 Å². The summed E-state index contributed by atoms with van der Waals surface area (Å²) in [4.78, 5) is 22.4. The highest BCUT2D eigenvalue weighted by atomic mass is 32.2. The molecule has 0 N–H and O–H groups in total. The van der Waals surface area contributed by atoms with Crippen molar-refractivity contribution >= 4 is 17.7 Å². The summed E-state index contributed by atoms with van der Waals surface area (Å²) < 4.78 is 45.2. The summed E-state index contributed by atoms with van der Waals surface area (Å²) >= 11 is 0.943. The van der Waals surface area contributed by atoms with Gasteiger partial charge in [-0.2, -0.15) is 13.2 Å². The van der Waals surface area contributed by atoms with Gasteiger partial charge in [-0.1, -0.05) is 18.7 Å². The first-order chi connectivity index (χ1) is 14.3. The molecule has 0 bridgehead atoms. The van der Waals surface area contributed by atoms with Crippen LogP contribution in [0.2, 0.25) is 0 Å². The molecule has 1 aromatic heterocycles.